The van der Waals surface area contributed by atoms with Gasteiger partial charge in [-0.2, -0.15) is 18.3 Å². The topological polar surface area (TPSA) is 53.4 Å². The van der Waals surface area contributed by atoms with Crippen molar-refractivity contribution < 1.29 is 18.0 Å². The second kappa shape index (κ2) is 8.73. The highest BCUT2D eigenvalue weighted by Gasteiger charge is 2.35. The second-order valence-corrected chi connectivity index (χ2v) is 7.16. The maximum absolute atomic E-state index is 13.1. The molecule has 0 bridgehead atoms. The fourth-order valence-electron chi connectivity index (χ4n) is 3.95. The van der Waals surface area contributed by atoms with Crippen molar-refractivity contribution in [1.82, 2.24) is 24.9 Å². The van der Waals surface area contributed by atoms with Crippen molar-refractivity contribution in [2.75, 3.05) is 39.3 Å². The standard InChI is InChI=1S/C19H22F3N5O.ClH/c20-19(21,22)17-4-6-24-27(17)15-3-1-2-14(12-15)18(28)26-9-5-16(13-26)25-10-7-23-8-11-25;/h1-4,6,12,16,23H,5,7-11,13H2;1H. The monoisotopic (exact) mass is 429 g/mol. The molecule has 1 atom stereocenters. The van der Waals surface area contributed by atoms with Crippen LogP contribution >= 0.6 is 12.4 Å². The number of rotatable bonds is 3. The van der Waals surface area contributed by atoms with Gasteiger partial charge in [-0.3, -0.25) is 9.69 Å². The third-order valence-electron chi connectivity index (χ3n) is 5.39. The molecule has 2 aliphatic heterocycles. The fourth-order valence-corrected chi connectivity index (χ4v) is 3.95. The van der Waals surface area contributed by atoms with E-state index in [9.17, 15) is 18.0 Å². The minimum atomic E-state index is -4.51. The predicted molar refractivity (Wildman–Crippen MR) is 105 cm³/mol. The lowest BCUT2D eigenvalue weighted by molar-refractivity contribution is -0.142. The van der Waals surface area contributed by atoms with Gasteiger partial charge in [0.15, 0.2) is 0 Å². The summed E-state index contributed by atoms with van der Waals surface area (Å²) in [5, 5.41) is 7.11. The Morgan fingerprint density at radius 3 is 2.62 bits per heavy atom. The maximum Gasteiger partial charge on any atom is 0.433 e. The van der Waals surface area contributed by atoms with Crippen LogP contribution in [0.2, 0.25) is 0 Å². The van der Waals surface area contributed by atoms with Crippen LogP contribution in [0.5, 0.6) is 0 Å². The minimum absolute atomic E-state index is 0. The molecule has 4 rings (SSSR count). The van der Waals surface area contributed by atoms with Crippen molar-refractivity contribution in [2.24, 2.45) is 0 Å². The Kier molecular flexibility index (Phi) is 6.50. The molecular formula is C19H23ClF3N5O. The van der Waals surface area contributed by atoms with Gasteiger partial charge in [0.05, 0.1) is 11.9 Å². The van der Waals surface area contributed by atoms with Crippen LogP contribution < -0.4 is 5.32 Å². The van der Waals surface area contributed by atoms with Gasteiger partial charge in [0, 0.05) is 50.9 Å². The number of alkyl halides is 3. The van der Waals surface area contributed by atoms with Gasteiger partial charge in [-0.25, -0.2) is 4.68 Å². The first kappa shape index (κ1) is 21.6. The van der Waals surface area contributed by atoms with Gasteiger partial charge in [-0.15, -0.1) is 12.4 Å². The van der Waals surface area contributed by atoms with Gasteiger partial charge in [-0.05, 0) is 30.7 Å². The summed E-state index contributed by atoms with van der Waals surface area (Å²) in [4.78, 5) is 17.1. The Labute approximate surface area is 173 Å². The van der Waals surface area contributed by atoms with Crippen molar-refractivity contribution in [1.29, 1.82) is 0 Å². The van der Waals surface area contributed by atoms with Gasteiger partial charge >= 0.3 is 6.18 Å². The highest BCUT2D eigenvalue weighted by atomic mass is 35.5. The Morgan fingerprint density at radius 1 is 1.14 bits per heavy atom. The molecule has 0 radical (unpaired) electrons. The molecule has 29 heavy (non-hydrogen) atoms. The third kappa shape index (κ3) is 4.57. The van der Waals surface area contributed by atoms with E-state index in [1.807, 2.05) is 0 Å². The summed E-state index contributed by atoms with van der Waals surface area (Å²) in [6.45, 7) is 5.17. The van der Waals surface area contributed by atoms with E-state index in [4.69, 9.17) is 0 Å². The van der Waals surface area contributed by atoms with Crippen molar-refractivity contribution in [2.45, 2.75) is 18.6 Å². The molecule has 10 heteroatoms. The van der Waals surface area contributed by atoms with Crippen LogP contribution in [0.3, 0.4) is 0 Å². The molecule has 0 aliphatic carbocycles. The molecular weight excluding hydrogens is 407 g/mol. The first-order valence-electron chi connectivity index (χ1n) is 9.39. The van der Waals surface area contributed by atoms with Gasteiger partial charge in [0.25, 0.3) is 5.91 Å². The van der Waals surface area contributed by atoms with Crippen molar-refractivity contribution >= 4 is 18.3 Å². The normalized spacial score (nSPS) is 20.5. The van der Waals surface area contributed by atoms with E-state index in [1.165, 1.54) is 12.1 Å². The quantitative estimate of drug-likeness (QED) is 0.814. The van der Waals surface area contributed by atoms with Crippen LogP contribution in [-0.4, -0.2) is 70.8 Å². The maximum atomic E-state index is 13.1. The van der Waals surface area contributed by atoms with Gasteiger partial charge < -0.3 is 10.2 Å². The fraction of sp³-hybridized carbons (Fsp3) is 0.474. The Hall–Kier alpha value is -2.10. The number of carbonyl (C=O) groups excluding carboxylic acids is 1. The largest absolute Gasteiger partial charge is 0.433 e. The molecule has 0 saturated carbocycles. The van der Waals surface area contributed by atoms with E-state index >= 15 is 0 Å². The van der Waals surface area contributed by atoms with Crippen molar-refractivity contribution in [3.05, 3.63) is 47.8 Å². The number of piperazine rings is 1. The summed E-state index contributed by atoms with van der Waals surface area (Å²) in [5.74, 6) is -0.153. The van der Waals surface area contributed by atoms with E-state index in [1.54, 1.807) is 17.0 Å². The molecule has 2 aliphatic rings. The minimum Gasteiger partial charge on any atom is -0.337 e. The lowest BCUT2D eigenvalue weighted by Gasteiger charge is -2.32. The molecule has 1 aromatic carbocycles. The lowest BCUT2D eigenvalue weighted by Crippen LogP contribution is -2.49. The predicted octanol–water partition coefficient (Wildman–Crippen LogP) is 2.43. The second-order valence-electron chi connectivity index (χ2n) is 7.16. The Bertz CT molecular complexity index is 850. The first-order valence-corrected chi connectivity index (χ1v) is 9.39. The molecule has 1 amide bonds. The van der Waals surface area contributed by atoms with Crippen LogP contribution in [-0.2, 0) is 6.18 Å². The first-order chi connectivity index (χ1) is 13.4. The Balaban J connectivity index is 0.00000240. The number of likely N-dealkylation sites (tertiary alicyclic amines) is 1. The van der Waals surface area contributed by atoms with Crippen LogP contribution in [0.1, 0.15) is 22.5 Å². The number of hydrogen-bond donors (Lipinski definition) is 1. The SMILES string of the molecule is Cl.O=C(c1cccc(-n2nccc2C(F)(F)F)c1)N1CCC(N2CCNCC2)C1. The number of aromatic nitrogens is 2. The zero-order valence-electron chi connectivity index (χ0n) is 15.7. The molecule has 1 unspecified atom stereocenters. The molecule has 2 aromatic rings. The molecule has 6 nitrogen and oxygen atoms in total. The van der Waals surface area contributed by atoms with Crippen LogP contribution in [0.4, 0.5) is 13.2 Å². The zero-order valence-corrected chi connectivity index (χ0v) is 16.5. The van der Waals surface area contributed by atoms with Crippen molar-refractivity contribution in [3.8, 4) is 5.69 Å². The summed E-state index contributed by atoms with van der Waals surface area (Å²) in [7, 11) is 0. The van der Waals surface area contributed by atoms with E-state index < -0.39 is 11.9 Å². The molecule has 0 spiro atoms. The summed E-state index contributed by atoms with van der Waals surface area (Å²) in [6, 6.07) is 7.49. The number of nitrogens with one attached hydrogen (secondary N) is 1. The van der Waals surface area contributed by atoms with Gasteiger partial charge in [0.1, 0.15) is 5.69 Å². The summed E-state index contributed by atoms with van der Waals surface area (Å²) in [6.07, 6.45) is -2.49. The molecule has 1 N–H and O–H groups in total. The lowest BCUT2D eigenvalue weighted by atomic mass is 10.1. The van der Waals surface area contributed by atoms with E-state index in [2.05, 4.69) is 15.3 Å². The van der Waals surface area contributed by atoms with E-state index in [-0.39, 0.29) is 24.0 Å². The summed E-state index contributed by atoms with van der Waals surface area (Å²) < 4.78 is 40.3. The average molecular weight is 430 g/mol. The third-order valence-corrected chi connectivity index (χ3v) is 5.39. The highest BCUT2D eigenvalue weighted by molar-refractivity contribution is 5.95. The number of benzene rings is 1. The molecule has 158 valence electrons. The van der Waals surface area contributed by atoms with E-state index in [0.29, 0.717) is 24.7 Å². The summed E-state index contributed by atoms with van der Waals surface area (Å²) >= 11 is 0. The molecule has 3 heterocycles. The zero-order chi connectivity index (χ0) is 19.7. The number of hydrogen-bond acceptors (Lipinski definition) is 4. The number of halogens is 4. The Morgan fingerprint density at radius 2 is 1.90 bits per heavy atom. The van der Waals surface area contributed by atoms with Crippen molar-refractivity contribution in [3.63, 3.8) is 0 Å². The van der Waals surface area contributed by atoms with Crippen LogP contribution in [0, 0.1) is 0 Å². The van der Waals surface area contributed by atoms with Crippen LogP contribution in [0.15, 0.2) is 36.5 Å². The molecule has 1 aromatic heterocycles. The number of nitrogens with zero attached hydrogens (tertiary/aromatic N) is 4. The molecule has 2 saturated heterocycles. The average Bonchev–Trinajstić information content (AvgIpc) is 3.38. The van der Waals surface area contributed by atoms with Gasteiger partial charge in [0.2, 0.25) is 0 Å². The summed E-state index contributed by atoms with van der Waals surface area (Å²) in [5.41, 5.74) is -0.264. The number of amides is 1. The van der Waals surface area contributed by atoms with Crippen LogP contribution in [0.25, 0.3) is 5.69 Å². The molecule has 2 fully saturated rings. The number of carbonyl (C=O) groups is 1. The van der Waals surface area contributed by atoms with Gasteiger partial charge in [-0.1, -0.05) is 6.07 Å². The smallest absolute Gasteiger partial charge is 0.337 e. The highest BCUT2D eigenvalue weighted by Crippen LogP contribution is 2.30. The van der Waals surface area contributed by atoms with E-state index in [0.717, 1.165) is 49.5 Å².